The van der Waals surface area contributed by atoms with Crippen molar-refractivity contribution in [1.29, 1.82) is 5.26 Å². The van der Waals surface area contributed by atoms with Crippen LogP contribution in [0, 0.1) is 17.2 Å². The highest BCUT2D eigenvalue weighted by Crippen LogP contribution is 2.41. The van der Waals surface area contributed by atoms with Crippen LogP contribution in [0.15, 0.2) is 30.5 Å². The van der Waals surface area contributed by atoms with E-state index in [1.54, 1.807) is 36.1 Å². The van der Waals surface area contributed by atoms with E-state index in [0.717, 1.165) is 29.2 Å². The van der Waals surface area contributed by atoms with Gasteiger partial charge in [0.1, 0.15) is 11.9 Å². The number of nitriles is 1. The summed E-state index contributed by atoms with van der Waals surface area (Å²) in [6.45, 7) is 3.20. The molecule has 35 heavy (non-hydrogen) atoms. The number of carbonyl (C=O) groups excluding carboxylic acids is 1. The molecule has 1 aliphatic carbocycles. The molecular weight excluding hydrogens is 444 g/mol. The summed E-state index contributed by atoms with van der Waals surface area (Å²) in [5.41, 5.74) is 3.44. The van der Waals surface area contributed by atoms with Crippen LogP contribution in [-0.2, 0) is 12.0 Å². The summed E-state index contributed by atoms with van der Waals surface area (Å²) in [5.74, 6) is 1.48. The van der Waals surface area contributed by atoms with E-state index in [-0.39, 0.29) is 12.5 Å². The first-order valence-electron chi connectivity index (χ1n) is 11.8. The fourth-order valence-electron chi connectivity index (χ4n) is 4.40. The summed E-state index contributed by atoms with van der Waals surface area (Å²) in [4.78, 5) is 21.2. The van der Waals surface area contributed by atoms with Crippen LogP contribution in [0.4, 0.5) is 17.5 Å². The van der Waals surface area contributed by atoms with Gasteiger partial charge in [-0.2, -0.15) is 10.4 Å². The SMILES string of the molecule is CNC(=O)c1cc(Nc2nccc(-c3cc(C#N)c4c(c3)[C@@](C)(CO)CN4)n2)n(CCC2CC2)n1. The summed E-state index contributed by atoms with van der Waals surface area (Å²) in [5, 5.41) is 33.2. The fraction of sp³-hybridized carbons (Fsp3) is 0.400. The minimum absolute atomic E-state index is 0.0313. The molecule has 0 spiro atoms. The third-order valence-corrected chi connectivity index (χ3v) is 6.79. The van der Waals surface area contributed by atoms with Crippen molar-refractivity contribution in [2.75, 3.05) is 30.8 Å². The van der Waals surface area contributed by atoms with Gasteiger partial charge in [-0.15, -0.1) is 0 Å². The quantitative estimate of drug-likeness (QED) is 0.392. The number of fused-ring (bicyclic) bond motifs is 1. The number of aliphatic hydroxyl groups excluding tert-OH is 1. The minimum atomic E-state index is -0.477. The summed E-state index contributed by atoms with van der Waals surface area (Å²) in [7, 11) is 1.58. The van der Waals surface area contributed by atoms with Gasteiger partial charge in [-0.3, -0.25) is 4.79 Å². The second kappa shape index (κ2) is 9.00. The Morgan fingerprint density at radius 3 is 2.91 bits per heavy atom. The van der Waals surface area contributed by atoms with Crippen molar-refractivity contribution in [3.05, 3.63) is 47.3 Å². The van der Waals surface area contributed by atoms with Gasteiger partial charge in [-0.25, -0.2) is 14.6 Å². The van der Waals surface area contributed by atoms with Crippen molar-refractivity contribution >= 4 is 23.4 Å². The Hall–Kier alpha value is -3.97. The monoisotopic (exact) mass is 472 g/mol. The Bertz CT molecular complexity index is 1320. The molecule has 0 unspecified atom stereocenters. The lowest BCUT2D eigenvalue weighted by atomic mass is 9.83. The Morgan fingerprint density at radius 1 is 1.37 bits per heavy atom. The van der Waals surface area contributed by atoms with Crippen LogP contribution in [0.25, 0.3) is 11.3 Å². The van der Waals surface area contributed by atoms with E-state index in [2.05, 4.69) is 37.1 Å². The highest BCUT2D eigenvalue weighted by Gasteiger charge is 2.36. The van der Waals surface area contributed by atoms with Crippen molar-refractivity contribution in [3.63, 3.8) is 0 Å². The molecule has 1 fully saturated rings. The number of aromatic nitrogens is 4. The maximum Gasteiger partial charge on any atom is 0.271 e. The number of amides is 1. The van der Waals surface area contributed by atoms with E-state index >= 15 is 0 Å². The predicted molar refractivity (Wildman–Crippen MR) is 131 cm³/mol. The van der Waals surface area contributed by atoms with Crippen molar-refractivity contribution < 1.29 is 9.90 Å². The lowest BCUT2D eigenvalue weighted by Crippen LogP contribution is -2.28. The lowest BCUT2D eigenvalue weighted by molar-refractivity contribution is 0.0957. The largest absolute Gasteiger partial charge is 0.395 e. The van der Waals surface area contributed by atoms with E-state index < -0.39 is 5.41 Å². The zero-order chi connectivity index (χ0) is 24.6. The highest BCUT2D eigenvalue weighted by molar-refractivity contribution is 5.93. The number of nitrogens with one attached hydrogen (secondary N) is 3. The van der Waals surface area contributed by atoms with Gasteiger partial charge in [0.05, 0.1) is 23.6 Å². The van der Waals surface area contributed by atoms with Crippen LogP contribution in [0.1, 0.15) is 47.8 Å². The molecule has 1 saturated carbocycles. The predicted octanol–water partition coefficient (Wildman–Crippen LogP) is 2.79. The number of aliphatic hydroxyl groups is 1. The number of hydrogen-bond donors (Lipinski definition) is 4. The smallest absolute Gasteiger partial charge is 0.271 e. The van der Waals surface area contributed by atoms with Gasteiger partial charge in [-0.05, 0) is 36.1 Å². The summed E-state index contributed by atoms with van der Waals surface area (Å²) < 4.78 is 1.79. The number of rotatable bonds is 8. The van der Waals surface area contributed by atoms with Gasteiger partial charge in [0.25, 0.3) is 5.91 Å². The summed E-state index contributed by atoms with van der Waals surface area (Å²) >= 11 is 0. The number of carbonyl (C=O) groups is 1. The molecular formula is C25H28N8O2. The second-order valence-electron chi connectivity index (χ2n) is 9.47. The minimum Gasteiger partial charge on any atom is -0.395 e. The van der Waals surface area contributed by atoms with Crippen molar-refractivity contribution in [1.82, 2.24) is 25.1 Å². The number of aryl methyl sites for hydroxylation is 1. The van der Waals surface area contributed by atoms with Crippen LogP contribution in [-0.4, -0.2) is 51.0 Å². The first-order chi connectivity index (χ1) is 16.9. The van der Waals surface area contributed by atoms with E-state index in [9.17, 15) is 15.2 Å². The highest BCUT2D eigenvalue weighted by atomic mass is 16.3. The Morgan fingerprint density at radius 2 is 2.20 bits per heavy atom. The third kappa shape index (κ3) is 4.42. The molecule has 3 heterocycles. The Balaban J connectivity index is 1.47. The van der Waals surface area contributed by atoms with Crippen LogP contribution in [0.3, 0.4) is 0 Å². The van der Waals surface area contributed by atoms with Crippen molar-refractivity contribution in [2.45, 2.75) is 38.1 Å². The van der Waals surface area contributed by atoms with Gasteiger partial charge >= 0.3 is 0 Å². The molecule has 1 aromatic carbocycles. The van der Waals surface area contributed by atoms with E-state index in [1.807, 2.05) is 13.0 Å². The van der Waals surface area contributed by atoms with Gasteiger partial charge in [0.15, 0.2) is 5.69 Å². The topological polar surface area (TPSA) is 141 Å². The molecule has 4 N–H and O–H groups in total. The van der Waals surface area contributed by atoms with Gasteiger partial charge in [0, 0.05) is 43.4 Å². The lowest BCUT2D eigenvalue weighted by Gasteiger charge is -2.21. The molecule has 0 saturated heterocycles. The van der Waals surface area contributed by atoms with Gasteiger partial charge in [0.2, 0.25) is 5.95 Å². The maximum absolute atomic E-state index is 12.2. The molecule has 1 amide bonds. The molecule has 5 rings (SSSR count). The van der Waals surface area contributed by atoms with Gasteiger partial charge in [-0.1, -0.05) is 19.8 Å². The standard InChI is InChI=1S/C25H28N8O2/c1-25(14-34)13-29-22-17(12-26)9-16(10-18(22)25)19-5-7-28-24(30-19)31-21-11-20(23(35)27-2)32-33(21)8-6-15-3-4-15/h5,7,9-11,15,29,34H,3-4,6,8,13-14H2,1-2H3,(H,27,35)(H,28,30,31)/t25-/m1/s1. The zero-order valence-electron chi connectivity index (χ0n) is 19.8. The zero-order valence-corrected chi connectivity index (χ0v) is 19.8. The average Bonchev–Trinajstić information content (AvgIpc) is 3.54. The summed E-state index contributed by atoms with van der Waals surface area (Å²) in [6.07, 6.45) is 5.15. The van der Waals surface area contributed by atoms with Crippen molar-refractivity contribution in [3.8, 4) is 17.3 Å². The first kappa shape index (κ1) is 22.8. The van der Waals surface area contributed by atoms with Crippen molar-refractivity contribution in [2.24, 2.45) is 5.92 Å². The molecule has 10 heteroatoms. The van der Waals surface area contributed by atoms with Gasteiger partial charge < -0.3 is 21.1 Å². The maximum atomic E-state index is 12.2. The average molecular weight is 473 g/mol. The molecule has 0 bridgehead atoms. The second-order valence-corrected chi connectivity index (χ2v) is 9.47. The number of benzene rings is 1. The van der Waals surface area contributed by atoms with Crippen LogP contribution < -0.4 is 16.0 Å². The van der Waals surface area contributed by atoms with E-state index in [4.69, 9.17) is 0 Å². The number of anilines is 3. The molecule has 0 radical (unpaired) electrons. The number of hydrogen-bond acceptors (Lipinski definition) is 8. The van der Waals surface area contributed by atoms with E-state index in [1.165, 1.54) is 12.8 Å². The normalized spacial score (nSPS) is 18.5. The van der Waals surface area contributed by atoms with E-state index in [0.29, 0.717) is 41.8 Å². The molecule has 2 aliphatic rings. The van der Waals surface area contributed by atoms with Crippen LogP contribution in [0.2, 0.25) is 0 Å². The fourth-order valence-corrected chi connectivity index (χ4v) is 4.40. The molecule has 1 atom stereocenters. The molecule has 10 nitrogen and oxygen atoms in total. The first-order valence-corrected chi connectivity index (χ1v) is 11.8. The third-order valence-electron chi connectivity index (χ3n) is 6.79. The molecule has 2 aromatic heterocycles. The number of nitrogens with zero attached hydrogens (tertiary/aromatic N) is 5. The summed E-state index contributed by atoms with van der Waals surface area (Å²) in [6, 6.07) is 9.51. The molecule has 3 aromatic rings. The Labute approximate surface area is 203 Å². The molecule has 180 valence electrons. The van der Waals surface area contributed by atoms with Crippen LogP contribution >= 0.6 is 0 Å². The molecule has 1 aliphatic heterocycles. The Kier molecular flexibility index (Phi) is 5.86. The van der Waals surface area contributed by atoms with Crippen LogP contribution in [0.5, 0.6) is 0 Å².